The molecule has 0 saturated carbocycles. The first-order valence-corrected chi connectivity index (χ1v) is 13.9. The van der Waals surface area contributed by atoms with Crippen molar-refractivity contribution in [2.45, 2.75) is 49.7 Å². The van der Waals surface area contributed by atoms with Gasteiger partial charge in [-0.2, -0.15) is 0 Å². The molecular weight excluding hydrogens is 409 g/mol. The minimum absolute atomic E-state index is 0.219. The van der Waals surface area contributed by atoms with Crippen molar-refractivity contribution >= 4 is 13.3 Å². The smallest absolute Gasteiger partial charge is 0.126 e. The van der Waals surface area contributed by atoms with Crippen LogP contribution < -0.4 is 5.19 Å². The predicted molar refractivity (Wildman–Crippen MR) is 125 cm³/mol. The lowest BCUT2D eigenvalue weighted by atomic mass is 9.92. The van der Waals surface area contributed by atoms with Gasteiger partial charge in [-0.3, -0.25) is 4.39 Å². The molecule has 1 saturated heterocycles. The number of unbranched alkanes of at least 4 members (excludes halogenated alkanes) is 1. The van der Waals surface area contributed by atoms with E-state index in [2.05, 4.69) is 42.5 Å². The normalized spacial score (nSPS) is 21.2. The summed E-state index contributed by atoms with van der Waals surface area (Å²) in [5.41, 5.74) is 2.70. The summed E-state index contributed by atoms with van der Waals surface area (Å²) in [6.07, 6.45) is 3.98. The van der Waals surface area contributed by atoms with Gasteiger partial charge in [0, 0.05) is 6.07 Å². The van der Waals surface area contributed by atoms with Gasteiger partial charge in [0.15, 0.2) is 0 Å². The fraction of sp³-hybridized carbons (Fsp3) is 0.333. The van der Waals surface area contributed by atoms with Gasteiger partial charge in [-0.25, -0.2) is 8.78 Å². The van der Waals surface area contributed by atoms with Gasteiger partial charge in [-0.05, 0) is 54.0 Å². The number of halogens is 3. The molecule has 1 aliphatic rings. The molecule has 0 N–H and O–H groups in total. The Kier molecular flexibility index (Phi) is 6.96. The Hall–Kier alpha value is -2.33. The van der Waals surface area contributed by atoms with Crippen molar-refractivity contribution in [3.63, 3.8) is 0 Å². The topological polar surface area (TPSA) is 0 Å². The summed E-state index contributed by atoms with van der Waals surface area (Å²) in [6.45, 7) is -0.219. The van der Waals surface area contributed by atoms with E-state index >= 15 is 0 Å². The van der Waals surface area contributed by atoms with Gasteiger partial charge in [0.2, 0.25) is 0 Å². The molecule has 0 spiro atoms. The first kappa shape index (κ1) is 21.9. The van der Waals surface area contributed by atoms with Crippen molar-refractivity contribution in [3.05, 3.63) is 90.0 Å². The molecule has 1 aliphatic heterocycles. The molecule has 162 valence electrons. The van der Waals surface area contributed by atoms with Crippen LogP contribution in [0.25, 0.3) is 11.1 Å². The third-order valence-electron chi connectivity index (χ3n) is 6.95. The van der Waals surface area contributed by atoms with Gasteiger partial charge in [-0.1, -0.05) is 84.3 Å². The van der Waals surface area contributed by atoms with Gasteiger partial charge < -0.3 is 0 Å². The Morgan fingerprint density at radius 2 is 1.39 bits per heavy atom. The molecule has 0 bridgehead atoms. The van der Waals surface area contributed by atoms with E-state index in [1.54, 1.807) is 0 Å². The van der Waals surface area contributed by atoms with Crippen molar-refractivity contribution in [2.24, 2.45) is 0 Å². The zero-order valence-electron chi connectivity index (χ0n) is 17.8. The summed E-state index contributed by atoms with van der Waals surface area (Å²) in [5.74, 6) is -0.591. The molecular formula is C27H29F3Si. The highest BCUT2D eigenvalue weighted by atomic mass is 28.3. The molecule has 0 atom stereocenters. The van der Waals surface area contributed by atoms with Crippen LogP contribution in [0.3, 0.4) is 0 Å². The van der Waals surface area contributed by atoms with Crippen molar-refractivity contribution in [3.8, 4) is 11.1 Å². The number of hydrogen-bond donors (Lipinski definition) is 0. The van der Waals surface area contributed by atoms with Gasteiger partial charge in [0.25, 0.3) is 0 Å². The van der Waals surface area contributed by atoms with E-state index in [9.17, 15) is 13.2 Å². The number of benzene rings is 3. The zero-order chi connectivity index (χ0) is 21.7. The second kappa shape index (κ2) is 9.86. The molecule has 31 heavy (non-hydrogen) atoms. The number of rotatable bonds is 7. The minimum Gasteiger partial charge on any atom is -0.251 e. The van der Waals surface area contributed by atoms with Crippen LogP contribution in [0, 0.1) is 11.6 Å². The molecule has 0 radical (unpaired) electrons. The highest BCUT2D eigenvalue weighted by molar-refractivity contribution is 6.92. The molecule has 1 fully saturated rings. The number of alkyl halides is 1. The maximum absolute atomic E-state index is 13.6. The Labute approximate surface area is 184 Å². The quantitative estimate of drug-likeness (QED) is 0.263. The fourth-order valence-corrected chi connectivity index (χ4v) is 10.4. The first-order chi connectivity index (χ1) is 15.1. The van der Waals surface area contributed by atoms with Gasteiger partial charge in [0.05, 0.1) is 14.7 Å². The lowest BCUT2D eigenvalue weighted by Gasteiger charge is -2.39. The van der Waals surface area contributed by atoms with Crippen LogP contribution in [0.5, 0.6) is 0 Å². The van der Waals surface area contributed by atoms with Gasteiger partial charge in [-0.15, -0.1) is 0 Å². The van der Waals surface area contributed by atoms with E-state index in [4.69, 9.17) is 0 Å². The van der Waals surface area contributed by atoms with Gasteiger partial charge >= 0.3 is 0 Å². The molecule has 0 unspecified atom stereocenters. The Bertz CT molecular complexity index is 957. The monoisotopic (exact) mass is 438 g/mol. The van der Waals surface area contributed by atoms with Crippen LogP contribution in [0.15, 0.2) is 72.8 Å². The van der Waals surface area contributed by atoms with E-state index in [0.717, 1.165) is 30.9 Å². The van der Waals surface area contributed by atoms with Crippen LogP contribution in [0.4, 0.5) is 13.2 Å². The van der Waals surface area contributed by atoms with E-state index in [0.29, 0.717) is 17.9 Å². The molecule has 3 aromatic rings. The maximum atomic E-state index is 13.6. The summed E-state index contributed by atoms with van der Waals surface area (Å²) in [4.78, 5) is 0. The standard InChI is InChI=1S/C27H29F3Si/c28-14-4-5-15-31(27-6-2-1-3-7-27)16-12-23(13-17-31)21-8-10-22(11-9-21)24-18-25(29)20-26(30)19-24/h1-3,6-11,18-20,23H,4-5,12-17H2. The summed E-state index contributed by atoms with van der Waals surface area (Å²) < 4.78 is 39.8. The van der Waals surface area contributed by atoms with E-state index in [1.165, 1.54) is 41.0 Å². The summed E-state index contributed by atoms with van der Waals surface area (Å²) in [5, 5.41) is 1.52. The van der Waals surface area contributed by atoms with Gasteiger partial charge in [0.1, 0.15) is 11.6 Å². The lowest BCUT2D eigenvalue weighted by Crippen LogP contribution is -2.49. The SMILES string of the molecule is FCCCC[Si]1(c2ccccc2)CCC(c2ccc(-c3cc(F)cc(F)c3)cc2)CC1. The largest absolute Gasteiger partial charge is 0.251 e. The Balaban J connectivity index is 1.48. The van der Waals surface area contributed by atoms with Crippen LogP contribution in [0.1, 0.15) is 37.2 Å². The number of hydrogen-bond acceptors (Lipinski definition) is 0. The molecule has 1 heterocycles. The predicted octanol–water partition coefficient (Wildman–Crippen LogP) is 7.61. The molecule has 0 nitrogen and oxygen atoms in total. The summed E-state index contributed by atoms with van der Waals surface area (Å²) in [7, 11) is -1.60. The highest BCUT2D eigenvalue weighted by Gasteiger charge is 2.38. The fourth-order valence-electron chi connectivity index (χ4n) is 5.20. The average Bonchev–Trinajstić information content (AvgIpc) is 2.80. The molecule has 3 aromatic carbocycles. The third kappa shape index (κ3) is 5.12. The summed E-state index contributed by atoms with van der Waals surface area (Å²) >= 11 is 0. The first-order valence-electron chi connectivity index (χ1n) is 11.3. The molecule has 0 amide bonds. The molecule has 0 aromatic heterocycles. The van der Waals surface area contributed by atoms with Crippen molar-refractivity contribution < 1.29 is 13.2 Å². The van der Waals surface area contributed by atoms with Crippen LogP contribution >= 0.6 is 0 Å². The maximum Gasteiger partial charge on any atom is 0.126 e. The second-order valence-electron chi connectivity index (χ2n) is 8.85. The molecule has 0 aliphatic carbocycles. The van der Waals surface area contributed by atoms with Crippen LogP contribution in [0.2, 0.25) is 18.1 Å². The summed E-state index contributed by atoms with van der Waals surface area (Å²) in [6, 6.07) is 26.4. The zero-order valence-corrected chi connectivity index (χ0v) is 18.8. The van der Waals surface area contributed by atoms with Crippen molar-refractivity contribution in [1.82, 2.24) is 0 Å². The van der Waals surface area contributed by atoms with Crippen LogP contribution in [-0.2, 0) is 0 Å². The van der Waals surface area contributed by atoms with Crippen molar-refractivity contribution in [1.29, 1.82) is 0 Å². The van der Waals surface area contributed by atoms with E-state index in [-0.39, 0.29) is 6.67 Å². The third-order valence-corrected chi connectivity index (χ3v) is 12.3. The Morgan fingerprint density at radius 1 is 0.742 bits per heavy atom. The lowest BCUT2D eigenvalue weighted by molar-refractivity contribution is 0.467. The van der Waals surface area contributed by atoms with E-state index < -0.39 is 19.7 Å². The van der Waals surface area contributed by atoms with Crippen molar-refractivity contribution in [2.75, 3.05) is 6.67 Å². The van der Waals surface area contributed by atoms with Crippen LogP contribution in [-0.4, -0.2) is 14.7 Å². The van der Waals surface area contributed by atoms with E-state index in [1.807, 2.05) is 12.1 Å². The minimum atomic E-state index is -1.60. The highest BCUT2D eigenvalue weighted by Crippen LogP contribution is 2.41. The second-order valence-corrected chi connectivity index (χ2v) is 13.5. The Morgan fingerprint density at radius 3 is 2.00 bits per heavy atom. The molecule has 4 rings (SSSR count). The average molecular weight is 439 g/mol. The molecule has 4 heteroatoms.